The highest BCUT2D eigenvalue weighted by atomic mass is 16.5. The second-order valence-corrected chi connectivity index (χ2v) is 5.27. The summed E-state index contributed by atoms with van der Waals surface area (Å²) in [5, 5.41) is 2.95. The highest BCUT2D eigenvalue weighted by molar-refractivity contribution is 5.91. The van der Waals surface area contributed by atoms with Gasteiger partial charge in [-0.2, -0.15) is 0 Å². The van der Waals surface area contributed by atoms with E-state index in [1.807, 2.05) is 24.3 Å². The molecule has 1 aliphatic rings. The highest BCUT2D eigenvalue weighted by Crippen LogP contribution is 2.28. The van der Waals surface area contributed by atoms with Crippen LogP contribution in [-0.4, -0.2) is 26.2 Å². The normalized spacial score (nSPS) is 15.2. The zero-order valence-corrected chi connectivity index (χ0v) is 12.1. The molecule has 1 fully saturated rings. The molecule has 1 aliphatic carbocycles. The number of carbonyl (C=O) groups excluding carboxylic acids is 1. The average Bonchev–Trinajstić information content (AvgIpc) is 2.92. The molecular weight excluding hydrogens is 254 g/mol. The van der Waals surface area contributed by atoms with Crippen LogP contribution in [0.1, 0.15) is 32.1 Å². The van der Waals surface area contributed by atoms with Crippen molar-refractivity contribution < 1.29 is 14.3 Å². The lowest BCUT2D eigenvalue weighted by atomic mass is 10.0. The van der Waals surface area contributed by atoms with E-state index in [1.54, 1.807) is 7.11 Å². The zero-order chi connectivity index (χ0) is 14.2. The fourth-order valence-electron chi connectivity index (χ4n) is 2.60. The van der Waals surface area contributed by atoms with Crippen molar-refractivity contribution in [2.24, 2.45) is 5.92 Å². The van der Waals surface area contributed by atoms with Gasteiger partial charge in [-0.1, -0.05) is 18.9 Å². The van der Waals surface area contributed by atoms with Gasteiger partial charge in [-0.3, -0.25) is 4.79 Å². The molecular formula is C16H23NO3. The van der Waals surface area contributed by atoms with Crippen molar-refractivity contribution in [2.45, 2.75) is 32.1 Å². The van der Waals surface area contributed by atoms with Crippen LogP contribution >= 0.6 is 0 Å². The summed E-state index contributed by atoms with van der Waals surface area (Å²) >= 11 is 0. The molecule has 1 aromatic carbocycles. The van der Waals surface area contributed by atoms with Crippen LogP contribution in [0, 0.1) is 5.92 Å². The lowest BCUT2D eigenvalue weighted by molar-refractivity contribution is -0.117. The van der Waals surface area contributed by atoms with Gasteiger partial charge in [-0.25, -0.2) is 0 Å². The lowest BCUT2D eigenvalue weighted by Gasteiger charge is -2.11. The smallest absolute Gasteiger partial charge is 0.224 e. The SMILES string of the molecule is COCCOc1cccc(NC(=O)CC2CCCC2)c1. The Bertz CT molecular complexity index is 427. The highest BCUT2D eigenvalue weighted by Gasteiger charge is 2.18. The molecule has 0 heterocycles. The molecule has 0 bridgehead atoms. The van der Waals surface area contributed by atoms with Crippen molar-refractivity contribution in [3.05, 3.63) is 24.3 Å². The summed E-state index contributed by atoms with van der Waals surface area (Å²) in [7, 11) is 1.64. The van der Waals surface area contributed by atoms with Gasteiger partial charge in [0.2, 0.25) is 5.91 Å². The molecule has 0 atom stereocenters. The Morgan fingerprint density at radius 2 is 2.10 bits per heavy atom. The van der Waals surface area contributed by atoms with E-state index in [9.17, 15) is 4.79 Å². The van der Waals surface area contributed by atoms with Gasteiger partial charge < -0.3 is 14.8 Å². The van der Waals surface area contributed by atoms with E-state index in [0.29, 0.717) is 25.6 Å². The second kappa shape index (κ2) is 7.90. The van der Waals surface area contributed by atoms with Crippen molar-refractivity contribution in [3.63, 3.8) is 0 Å². The fourth-order valence-corrected chi connectivity index (χ4v) is 2.60. The van der Waals surface area contributed by atoms with Gasteiger partial charge >= 0.3 is 0 Å². The van der Waals surface area contributed by atoms with Gasteiger partial charge in [-0.05, 0) is 30.9 Å². The molecule has 0 radical (unpaired) electrons. The quantitative estimate of drug-likeness (QED) is 0.778. The summed E-state index contributed by atoms with van der Waals surface area (Å²) in [6, 6.07) is 7.49. The average molecular weight is 277 g/mol. The fraction of sp³-hybridized carbons (Fsp3) is 0.562. The molecule has 1 N–H and O–H groups in total. The van der Waals surface area contributed by atoms with E-state index in [-0.39, 0.29) is 5.91 Å². The number of hydrogen-bond acceptors (Lipinski definition) is 3. The molecule has 0 spiro atoms. The third-order valence-electron chi connectivity index (χ3n) is 3.62. The van der Waals surface area contributed by atoms with E-state index in [4.69, 9.17) is 9.47 Å². The van der Waals surface area contributed by atoms with Crippen LogP contribution in [0.3, 0.4) is 0 Å². The van der Waals surface area contributed by atoms with Crippen LogP contribution < -0.4 is 10.1 Å². The first-order chi connectivity index (χ1) is 9.78. The molecule has 110 valence electrons. The predicted molar refractivity (Wildman–Crippen MR) is 79.0 cm³/mol. The number of rotatable bonds is 7. The Balaban J connectivity index is 1.81. The Morgan fingerprint density at radius 1 is 1.30 bits per heavy atom. The zero-order valence-electron chi connectivity index (χ0n) is 12.1. The minimum Gasteiger partial charge on any atom is -0.491 e. The summed E-state index contributed by atoms with van der Waals surface area (Å²) in [4.78, 5) is 12.0. The van der Waals surface area contributed by atoms with E-state index in [0.717, 1.165) is 11.4 Å². The molecule has 0 aromatic heterocycles. The van der Waals surface area contributed by atoms with Gasteiger partial charge in [0, 0.05) is 25.3 Å². The first-order valence-electron chi connectivity index (χ1n) is 7.29. The summed E-state index contributed by atoms with van der Waals surface area (Å²) in [6.07, 6.45) is 5.54. The lowest BCUT2D eigenvalue weighted by Crippen LogP contribution is -2.15. The summed E-state index contributed by atoms with van der Waals surface area (Å²) in [6.45, 7) is 1.06. The number of amides is 1. The summed E-state index contributed by atoms with van der Waals surface area (Å²) in [5.41, 5.74) is 0.794. The third kappa shape index (κ3) is 4.85. The number of methoxy groups -OCH3 is 1. The molecule has 4 nitrogen and oxygen atoms in total. The van der Waals surface area contributed by atoms with Crippen LogP contribution in [0.2, 0.25) is 0 Å². The monoisotopic (exact) mass is 277 g/mol. The maximum Gasteiger partial charge on any atom is 0.224 e. The molecule has 1 amide bonds. The Labute approximate surface area is 120 Å². The molecule has 2 rings (SSSR count). The molecule has 0 aliphatic heterocycles. The molecule has 0 saturated heterocycles. The molecule has 1 saturated carbocycles. The molecule has 4 heteroatoms. The van der Waals surface area contributed by atoms with E-state index < -0.39 is 0 Å². The minimum atomic E-state index is 0.103. The first-order valence-corrected chi connectivity index (χ1v) is 7.29. The largest absolute Gasteiger partial charge is 0.491 e. The predicted octanol–water partition coefficient (Wildman–Crippen LogP) is 3.23. The van der Waals surface area contributed by atoms with Gasteiger partial charge in [0.15, 0.2) is 0 Å². The molecule has 20 heavy (non-hydrogen) atoms. The number of benzene rings is 1. The van der Waals surface area contributed by atoms with Crippen molar-refractivity contribution in [1.82, 2.24) is 0 Å². The Morgan fingerprint density at radius 3 is 2.85 bits per heavy atom. The molecule has 0 unspecified atom stereocenters. The topological polar surface area (TPSA) is 47.6 Å². The second-order valence-electron chi connectivity index (χ2n) is 5.27. The maximum absolute atomic E-state index is 12.0. The van der Waals surface area contributed by atoms with E-state index >= 15 is 0 Å². The van der Waals surface area contributed by atoms with Crippen LogP contribution in [0.5, 0.6) is 5.75 Å². The Kier molecular flexibility index (Phi) is 5.87. The van der Waals surface area contributed by atoms with Gasteiger partial charge in [0.1, 0.15) is 12.4 Å². The van der Waals surface area contributed by atoms with Crippen LogP contribution in [0.15, 0.2) is 24.3 Å². The van der Waals surface area contributed by atoms with Crippen LogP contribution in [0.25, 0.3) is 0 Å². The number of ether oxygens (including phenoxy) is 2. The van der Waals surface area contributed by atoms with Crippen molar-refractivity contribution >= 4 is 11.6 Å². The van der Waals surface area contributed by atoms with Crippen molar-refractivity contribution in [3.8, 4) is 5.75 Å². The van der Waals surface area contributed by atoms with Crippen molar-refractivity contribution in [2.75, 3.05) is 25.6 Å². The number of anilines is 1. The van der Waals surface area contributed by atoms with Crippen LogP contribution in [-0.2, 0) is 9.53 Å². The minimum absolute atomic E-state index is 0.103. The number of carbonyl (C=O) groups is 1. The van der Waals surface area contributed by atoms with Crippen molar-refractivity contribution in [1.29, 1.82) is 0 Å². The third-order valence-corrected chi connectivity index (χ3v) is 3.62. The van der Waals surface area contributed by atoms with Gasteiger partial charge in [-0.15, -0.1) is 0 Å². The Hall–Kier alpha value is -1.55. The van der Waals surface area contributed by atoms with E-state index in [2.05, 4.69) is 5.32 Å². The van der Waals surface area contributed by atoms with Gasteiger partial charge in [0.25, 0.3) is 0 Å². The summed E-state index contributed by atoms with van der Waals surface area (Å²) < 4.78 is 10.5. The van der Waals surface area contributed by atoms with E-state index in [1.165, 1.54) is 25.7 Å². The first kappa shape index (κ1) is 14.9. The standard InChI is InChI=1S/C16H23NO3/c1-19-9-10-20-15-8-4-7-14(12-15)17-16(18)11-13-5-2-3-6-13/h4,7-8,12-13H,2-3,5-6,9-11H2,1H3,(H,17,18). The van der Waals surface area contributed by atoms with Gasteiger partial charge in [0.05, 0.1) is 6.61 Å². The maximum atomic E-state index is 12.0. The summed E-state index contributed by atoms with van der Waals surface area (Å²) in [5.74, 6) is 1.42. The molecule has 1 aromatic rings. The number of nitrogens with one attached hydrogen (secondary N) is 1. The number of hydrogen-bond donors (Lipinski definition) is 1. The van der Waals surface area contributed by atoms with Crippen LogP contribution in [0.4, 0.5) is 5.69 Å².